The fraction of sp³-hybridized carbons (Fsp3) is 0.640. The molecule has 1 aromatic carbocycles. The minimum absolute atomic E-state index is 0.0514. The Balaban J connectivity index is 1.90. The van der Waals surface area contributed by atoms with Gasteiger partial charge in [0.1, 0.15) is 6.04 Å². The van der Waals surface area contributed by atoms with E-state index in [0.717, 1.165) is 5.56 Å². The summed E-state index contributed by atoms with van der Waals surface area (Å²) in [4.78, 5) is 42.7. The average Bonchev–Trinajstić information content (AvgIpc) is 2.97. The molecule has 0 radical (unpaired) electrons. The van der Waals surface area contributed by atoms with Gasteiger partial charge in [-0.1, -0.05) is 53.7 Å². The van der Waals surface area contributed by atoms with Crippen molar-refractivity contribution in [2.24, 2.45) is 16.7 Å². The second-order valence-electron chi connectivity index (χ2n) is 10.3. The number of anilines is 1. The quantitative estimate of drug-likeness (QED) is 0.453. The number of carbonyl (C=O) groups is 3. The predicted molar refractivity (Wildman–Crippen MR) is 122 cm³/mol. The van der Waals surface area contributed by atoms with Crippen LogP contribution in [0.15, 0.2) is 24.3 Å². The molecule has 0 aromatic heterocycles. The molecule has 0 bridgehead atoms. The van der Waals surface area contributed by atoms with E-state index in [-0.39, 0.29) is 47.4 Å². The van der Waals surface area contributed by atoms with Gasteiger partial charge in [0, 0.05) is 20.1 Å². The van der Waals surface area contributed by atoms with Gasteiger partial charge in [0.2, 0.25) is 11.8 Å². The molecule has 7 nitrogen and oxygen atoms in total. The molecule has 3 rings (SSSR count). The largest absolute Gasteiger partial charge is 0.354 e. The van der Waals surface area contributed by atoms with E-state index in [9.17, 15) is 14.4 Å². The van der Waals surface area contributed by atoms with Gasteiger partial charge in [-0.25, -0.2) is 4.90 Å². The van der Waals surface area contributed by atoms with Crippen LogP contribution < -0.4 is 4.90 Å². The second-order valence-corrected chi connectivity index (χ2v) is 10.3. The number of hydrogen-bond donors (Lipinski definition) is 0. The van der Waals surface area contributed by atoms with E-state index in [2.05, 4.69) is 41.5 Å². The minimum Gasteiger partial charge on any atom is -0.354 e. The van der Waals surface area contributed by atoms with E-state index in [0.29, 0.717) is 11.6 Å². The summed E-state index contributed by atoms with van der Waals surface area (Å²) < 4.78 is 10.7. The van der Waals surface area contributed by atoms with Crippen molar-refractivity contribution in [2.75, 3.05) is 25.7 Å². The molecule has 2 aliphatic rings. The van der Waals surface area contributed by atoms with Crippen LogP contribution in [0, 0.1) is 16.7 Å². The van der Waals surface area contributed by atoms with Gasteiger partial charge >= 0.3 is 0 Å². The summed E-state index contributed by atoms with van der Waals surface area (Å²) in [7, 11) is 2.98. The average molecular weight is 445 g/mol. The number of amides is 3. The standard InChI is InChI=1S/C25H36N2O5/c1-15(2)16-9-11-17(12-10-16)27-19(28)13-18(22(27)29)26(14-20(31-7)32-8)23(30)21-24(3,4)25(21,5)6/h9-12,15,18,20-21H,13-14H2,1-8H3. The highest BCUT2D eigenvalue weighted by atomic mass is 16.7. The van der Waals surface area contributed by atoms with Crippen LogP contribution in [0.1, 0.15) is 59.4 Å². The van der Waals surface area contributed by atoms with Crippen molar-refractivity contribution in [3.8, 4) is 0 Å². The van der Waals surface area contributed by atoms with Crippen LogP contribution in [0.4, 0.5) is 5.69 Å². The fourth-order valence-corrected chi connectivity index (χ4v) is 4.90. The van der Waals surface area contributed by atoms with Crippen molar-refractivity contribution >= 4 is 23.4 Å². The number of methoxy groups -OCH3 is 2. The zero-order valence-electron chi connectivity index (χ0n) is 20.5. The van der Waals surface area contributed by atoms with Crippen molar-refractivity contribution in [1.29, 1.82) is 0 Å². The first-order valence-electron chi connectivity index (χ1n) is 11.2. The number of carbonyl (C=O) groups excluding carboxylic acids is 3. The monoisotopic (exact) mass is 444 g/mol. The van der Waals surface area contributed by atoms with Crippen molar-refractivity contribution in [3.63, 3.8) is 0 Å². The first-order valence-corrected chi connectivity index (χ1v) is 11.2. The first kappa shape index (κ1) is 24.4. The molecule has 176 valence electrons. The molecule has 0 N–H and O–H groups in total. The van der Waals surface area contributed by atoms with Gasteiger partial charge < -0.3 is 14.4 Å². The smallest absolute Gasteiger partial charge is 0.257 e. The van der Waals surface area contributed by atoms with Gasteiger partial charge in [-0.05, 0) is 34.4 Å². The zero-order valence-corrected chi connectivity index (χ0v) is 20.5. The molecule has 1 atom stereocenters. The Hall–Kier alpha value is -2.25. The van der Waals surface area contributed by atoms with Crippen LogP contribution in [0.3, 0.4) is 0 Å². The Morgan fingerprint density at radius 1 is 1.06 bits per heavy atom. The van der Waals surface area contributed by atoms with Crippen LogP contribution in [0.2, 0.25) is 0 Å². The summed E-state index contributed by atoms with van der Waals surface area (Å²) in [5, 5.41) is 0. The van der Waals surface area contributed by atoms with E-state index >= 15 is 0 Å². The number of benzene rings is 1. The van der Waals surface area contributed by atoms with Crippen molar-refractivity contribution < 1.29 is 23.9 Å². The van der Waals surface area contributed by atoms with Gasteiger partial charge in [0.05, 0.1) is 18.7 Å². The summed E-state index contributed by atoms with van der Waals surface area (Å²) in [6.07, 6.45) is -0.740. The normalized spacial score (nSPS) is 22.2. The minimum atomic E-state index is -0.875. The van der Waals surface area contributed by atoms with Gasteiger partial charge in [-0.2, -0.15) is 0 Å². The number of rotatable bonds is 8. The highest BCUT2D eigenvalue weighted by Gasteiger charge is 2.69. The number of hydrogen-bond acceptors (Lipinski definition) is 5. The van der Waals surface area contributed by atoms with Crippen LogP contribution in [0.25, 0.3) is 0 Å². The van der Waals surface area contributed by atoms with E-state index in [4.69, 9.17) is 9.47 Å². The topological polar surface area (TPSA) is 76.2 Å². The van der Waals surface area contributed by atoms with Crippen molar-refractivity contribution in [2.45, 2.75) is 66.2 Å². The molecule has 1 saturated carbocycles. The Morgan fingerprint density at radius 3 is 2.03 bits per heavy atom. The second kappa shape index (κ2) is 8.60. The summed E-state index contributed by atoms with van der Waals surface area (Å²) in [5.41, 5.74) is 1.26. The Morgan fingerprint density at radius 2 is 1.59 bits per heavy atom. The molecule has 3 amide bonds. The van der Waals surface area contributed by atoms with Gasteiger partial charge in [-0.15, -0.1) is 0 Å². The molecule has 1 aromatic rings. The van der Waals surface area contributed by atoms with Gasteiger partial charge in [-0.3, -0.25) is 14.4 Å². The third-order valence-electron chi connectivity index (χ3n) is 7.74. The van der Waals surface area contributed by atoms with E-state index in [1.807, 2.05) is 12.1 Å². The van der Waals surface area contributed by atoms with E-state index < -0.39 is 12.3 Å². The predicted octanol–water partition coefficient (Wildman–Crippen LogP) is 3.57. The van der Waals surface area contributed by atoms with E-state index in [1.54, 1.807) is 12.1 Å². The first-order chi connectivity index (χ1) is 14.9. The molecule has 1 unspecified atom stereocenters. The lowest BCUT2D eigenvalue weighted by Crippen LogP contribution is -2.50. The third-order valence-corrected chi connectivity index (χ3v) is 7.74. The zero-order chi connectivity index (χ0) is 24.0. The van der Waals surface area contributed by atoms with Crippen LogP contribution in [-0.4, -0.2) is 55.7 Å². The SMILES string of the molecule is COC(CN(C(=O)C1C(C)(C)C1(C)C)C1CC(=O)N(c2ccc(C(C)C)cc2)C1=O)OC. The molecular weight excluding hydrogens is 408 g/mol. The molecule has 1 aliphatic carbocycles. The van der Waals surface area contributed by atoms with Crippen LogP contribution in [0.5, 0.6) is 0 Å². The number of ether oxygens (including phenoxy) is 2. The molecule has 32 heavy (non-hydrogen) atoms. The maximum atomic E-state index is 13.6. The molecule has 7 heteroatoms. The maximum absolute atomic E-state index is 13.6. The van der Waals surface area contributed by atoms with Gasteiger partial charge in [0.15, 0.2) is 6.29 Å². The third kappa shape index (κ3) is 3.97. The molecule has 1 saturated heterocycles. The Kier molecular flexibility index (Phi) is 6.55. The molecule has 0 spiro atoms. The highest BCUT2D eigenvalue weighted by Crippen LogP contribution is 2.69. The Labute approximate surface area is 191 Å². The maximum Gasteiger partial charge on any atom is 0.257 e. The summed E-state index contributed by atoms with van der Waals surface area (Å²) in [5.74, 6) is -0.729. The summed E-state index contributed by atoms with van der Waals surface area (Å²) >= 11 is 0. The Bertz CT molecular complexity index is 872. The lowest BCUT2D eigenvalue weighted by Gasteiger charge is -2.31. The summed E-state index contributed by atoms with van der Waals surface area (Å²) in [6, 6.07) is 6.56. The van der Waals surface area contributed by atoms with Gasteiger partial charge in [0.25, 0.3) is 5.91 Å². The molecule has 2 fully saturated rings. The number of nitrogens with zero attached hydrogens (tertiary/aromatic N) is 2. The van der Waals surface area contributed by atoms with Crippen molar-refractivity contribution in [1.82, 2.24) is 4.90 Å². The molecule has 1 aliphatic heterocycles. The summed E-state index contributed by atoms with van der Waals surface area (Å²) in [6.45, 7) is 12.5. The number of imide groups is 1. The molecule has 1 heterocycles. The fourth-order valence-electron chi connectivity index (χ4n) is 4.90. The lowest BCUT2D eigenvalue weighted by atomic mass is 10.0. The lowest BCUT2D eigenvalue weighted by molar-refractivity contribution is -0.154. The van der Waals surface area contributed by atoms with Crippen LogP contribution >= 0.6 is 0 Å². The van der Waals surface area contributed by atoms with E-state index in [1.165, 1.54) is 24.0 Å². The van der Waals surface area contributed by atoms with Crippen molar-refractivity contribution in [3.05, 3.63) is 29.8 Å². The van der Waals surface area contributed by atoms with Crippen LogP contribution in [-0.2, 0) is 23.9 Å². The molecular formula is C25H36N2O5. The highest BCUT2D eigenvalue weighted by molar-refractivity contribution is 6.23.